The molecule has 2 aliphatic heterocycles. The van der Waals surface area contributed by atoms with E-state index in [1.54, 1.807) is 23.1 Å². The molecule has 5 nitrogen and oxygen atoms in total. The highest BCUT2D eigenvalue weighted by molar-refractivity contribution is 6.05. The summed E-state index contributed by atoms with van der Waals surface area (Å²) in [5.41, 5.74) is 2.65. The van der Waals surface area contributed by atoms with Crippen molar-refractivity contribution in [1.82, 2.24) is 4.90 Å². The van der Waals surface area contributed by atoms with E-state index in [0.717, 1.165) is 36.1 Å². The third-order valence-electron chi connectivity index (χ3n) is 5.90. The predicted molar refractivity (Wildman–Crippen MR) is 113 cm³/mol. The van der Waals surface area contributed by atoms with Crippen molar-refractivity contribution in [2.75, 3.05) is 13.1 Å². The van der Waals surface area contributed by atoms with Gasteiger partial charge in [0, 0.05) is 25.1 Å². The molecule has 2 aromatic rings. The number of phenolic OH excluding ortho intramolecular Hbond substituents is 1. The minimum absolute atomic E-state index is 0.0176. The number of amides is 1. The summed E-state index contributed by atoms with van der Waals surface area (Å²) in [4.78, 5) is 20.3. The van der Waals surface area contributed by atoms with Gasteiger partial charge in [-0.2, -0.15) is 0 Å². The van der Waals surface area contributed by atoms with Crippen LogP contribution >= 0.6 is 0 Å². The Kier molecular flexibility index (Phi) is 5.50. The van der Waals surface area contributed by atoms with Gasteiger partial charge in [-0.1, -0.05) is 17.3 Å². The maximum atomic E-state index is 13.1. The van der Waals surface area contributed by atoms with E-state index in [2.05, 4.69) is 5.16 Å². The summed E-state index contributed by atoms with van der Waals surface area (Å²) in [5, 5.41) is 14.4. The fourth-order valence-electron chi connectivity index (χ4n) is 4.15. The number of carbonyl (C=O) groups excluding carboxylic acids is 1. The molecule has 0 saturated carbocycles. The molecule has 4 rings (SSSR count). The number of hydrogen-bond acceptors (Lipinski definition) is 4. The average Bonchev–Trinajstić information content (AvgIpc) is 3.10. The van der Waals surface area contributed by atoms with Crippen LogP contribution in [0.15, 0.2) is 47.6 Å². The molecule has 0 atom stereocenters. The van der Waals surface area contributed by atoms with Gasteiger partial charge in [0.2, 0.25) is 0 Å². The molecular formula is C24H27FN2O3. The molecule has 158 valence electrons. The van der Waals surface area contributed by atoms with Crippen molar-refractivity contribution in [1.29, 1.82) is 0 Å². The molecule has 0 bridgehead atoms. The van der Waals surface area contributed by atoms with Crippen molar-refractivity contribution < 1.29 is 19.1 Å². The van der Waals surface area contributed by atoms with Gasteiger partial charge in [-0.05, 0) is 74.9 Å². The number of nitrogens with zero attached hydrogens (tertiary/aromatic N) is 2. The summed E-state index contributed by atoms with van der Waals surface area (Å²) in [6.45, 7) is 5.22. The van der Waals surface area contributed by atoms with E-state index >= 15 is 0 Å². The van der Waals surface area contributed by atoms with Gasteiger partial charge < -0.3 is 14.8 Å². The number of likely N-dealkylation sites (tertiary alicyclic amines) is 1. The first-order valence-corrected chi connectivity index (χ1v) is 10.4. The van der Waals surface area contributed by atoms with Gasteiger partial charge >= 0.3 is 0 Å². The molecule has 2 aliphatic rings. The van der Waals surface area contributed by atoms with E-state index in [-0.39, 0.29) is 23.1 Å². The molecule has 0 spiro atoms. The number of aromatic hydroxyl groups is 1. The summed E-state index contributed by atoms with van der Waals surface area (Å²) in [7, 11) is 0. The number of hydrogen-bond donors (Lipinski definition) is 1. The zero-order chi connectivity index (χ0) is 21.3. The van der Waals surface area contributed by atoms with Crippen LogP contribution in [0.3, 0.4) is 0 Å². The highest BCUT2D eigenvalue weighted by Gasteiger charge is 2.31. The molecule has 1 saturated heterocycles. The van der Waals surface area contributed by atoms with Crippen molar-refractivity contribution in [3.8, 4) is 5.75 Å². The largest absolute Gasteiger partial charge is 0.507 e. The topological polar surface area (TPSA) is 62.1 Å². The Morgan fingerprint density at radius 2 is 1.90 bits per heavy atom. The zero-order valence-electron chi connectivity index (χ0n) is 17.4. The lowest BCUT2D eigenvalue weighted by Gasteiger charge is -2.32. The molecule has 0 aromatic heterocycles. The summed E-state index contributed by atoms with van der Waals surface area (Å²) in [6.07, 6.45) is 3.31. The SMILES string of the molecule is CC1(C)CC(c2ccc(O)c(C(=O)N3CCC(Cc4ccc(F)cc4)CC3)c2)=NO1. The van der Waals surface area contributed by atoms with Crippen LogP contribution in [0.4, 0.5) is 4.39 Å². The second-order valence-corrected chi connectivity index (χ2v) is 8.86. The van der Waals surface area contributed by atoms with Gasteiger partial charge in [0.05, 0.1) is 11.3 Å². The van der Waals surface area contributed by atoms with Gasteiger partial charge in [-0.3, -0.25) is 4.79 Å². The van der Waals surface area contributed by atoms with Crippen molar-refractivity contribution >= 4 is 11.6 Å². The Bertz CT molecular complexity index is 961. The van der Waals surface area contributed by atoms with Crippen LogP contribution in [0.1, 0.15) is 54.6 Å². The van der Waals surface area contributed by atoms with E-state index in [0.29, 0.717) is 31.0 Å². The van der Waals surface area contributed by atoms with Crippen LogP contribution in [-0.4, -0.2) is 40.3 Å². The van der Waals surface area contributed by atoms with Crippen LogP contribution in [0.25, 0.3) is 0 Å². The van der Waals surface area contributed by atoms with E-state index in [4.69, 9.17) is 4.84 Å². The Hall–Kier alpha value is -2.89. The second-order valence-electron chi connectivity index (χ2n) is 8.86. The van der Waals surface area contributed by atoms with E-state index in [1.165, 1.54) is 12.1 Å². The van der Waals surface area contributed by atoms with Crippen LogP contribution in [0.5, 0.6) is 5.75 Å². The smallest absolute Gasteiger partial charge is 0.257 e. The van der Waals surface area contributed by atoms with E-state index in [1.807, 2.05) is 26.0 Å². The number of piperidine rings is 1. The fourth-order valence-corrected chi connectivity index (χ4v) is 4.15. The molecule has 0 radical (unpaired) electrons. The average molecular weight is 410 g/mol. The lowest BCUT2D eigenvalue weighted by Crippen LogP contribution is -2.39. The maximum absolute atomic E-state index is 13.1. The Balaban J connectivity index is 1.40. The van der Waals surface area contributed by atoms with E-state index < -0.39 is 0 Å². The molecule has 0 unspecified atom stereocenters. The summed E-state index contributed by atoms with van der Waals surface area (Å²) < 4.78 is 13.1. The number of carbonyl (C=O) groups is 1. The third kappa shape index (κ3) is 4.48. The highest BCUT2D eigenvalue weighted by atomic mass is 19.1. The first-order chi connectivity index (χ1) is 14.3. The van der Waals surface area contributed by atoms with Crippen LogP contribution < -0.4 is 0 Å². The molecule has 2 aromatic carbocycles. The molecule has 1 fully saturated rings. The van der Waals surface area contributed by atoms with Gasteiger partial charge in [0.1, 0.15) is 17.2 Å². The van der Waals surface area contributed by atoms with Crippen molar-refractivity contribution in [2.45, 2.75) is 45.1 Å². The molecule has 0 aliphatic carbocycles. The van der Waals surface area contributed by atoms with Gasteiger partial charge in [0.25, 0.3) is 5.91 Å². The van der Waals surface area contributed by atoms with Gasteiger partial charge in [0.15, 0.2) is 0 Å². The van der Waals surface area contributed by atoms with E-state index in [9.17, 15) is 14.3 Å². The number of halogens is 1. The first kappa shape index (κ1) is 20.4. The number of benzene rings is 2. The molecular weight excluding hydrogens is 383 g/mol. The van der Waals surface area contributed by atoms with Gasteiger partial charge in [-0.15, -0.1) is 0 Å². The van der Waals surface area contributed by atoms with Crippen LogP contribution in [0, 0.1) is 11.7 Å². The molecule has 1 N–H and O–H groups in total. The lowest BCUT2D eigenvalue weighted by atomic mass is 9.89. The molecule has 6 heteroatoms. The van der Waals surface area contributed by atoms with Crippen molar-refractivity contribution in [2.24, 2.45) is 11.1 Å². The molecule has 1 amide bonds. The lowest BCUT2D eigenvalue weighted by molar-refractivity contribution is 0.0123. The number of oxime groups is 1. The predicted octanol–water partition coefficient (Wildman–Crippen LogP) is 4.53. The van der Waals surface area contributed by atoms with Gasteiger partial charge in [-0.25, -0.2) is 4.39 Å². The minimum Gasteiger partial charge on any atom is -0.507 e. The quantitative estimate of drug-likeness (QED) is 0.806. The Labute approximate surface area is 176 Å². The standard InChI is InChI=1S/C24H27FN2O3/c1-24(2)15-21(26-30-24)18-5-8-22(28)20(14-18)23(29)27-11-9-17(10-12-27)13-16-3-6-19(25)7-4-16/h3-8,14,17,28H,9-13,15H2,1-2H3. The maximum Gasteiger partial charge on any atom is 0.257 e. The third-order valence-corrected chi connectivity index (χ3v) is 5.90. The van der Waals surface area contributed by atoms with Crippen molar-refractivity contribution in [3.63, 3.8) is 0 Å². The molecule has 30 heavy (non-hydrogen) atoms. The summed E-state index contributed by atoms with van der Waals surface area (Å²) >= 11 is 0. The second kappa shape index (κ2) is 8.09. The minimum atomic E-state index is -0.357. The summed E-state index contributed by atoms with van der Waals surface area (Å²) in [5.74, 6) is 0.0656. The zero-order valence-corrected chi connectivity index (χ0v) is 17.4. The highest BCUT2D eigenvalue weighted by Crippen LogP contribution is 2.29. The first-order valence-electron chi connectivity index (χ1n) is 10.4. The normalized spacial score (nSPS) is 18.8. The fraction of sp³-hybridized carbons (Fsp3) is 0.417. The Morgan fingerprint density at radius 1 is 1.20 bits per heavy atom. The number of rotatable bonds is 4. The summed E-state index contributed by atoms with van der Waals surface area (Å²) in [6, 6.07) is 11.7. The molecule has 2 heterocycles. The number of phenols is 1. The van der Waals surface area contributed by atoms with Crippen LogP contribution in [-0.2, 0) is 11.3 Å². The Morgan fingerprint density at radius 3 is 2.53 bits per heavy atom. The van der Waals surface area contributed by atoms with Crippen LogP contribution in [0.2, 0.25) is 0 Å². The monoisotopic (exact) mass is 410 g/mol. The van der Waals surface area contributed by atoms with Crippen molar-refractivity contribution in [3.05, 3.63) is 65.0 Å².